The average Bonchev–Trinajstić information content (AvgIpc) is 3.37. The molecule has 202 valence electrons. The molecule has 0 aromatic heterocycles. The molecule has 1 aliphatic rings. The molecule has 0 aromatic carbocycles. The molecule has 34 heavy (non-hydrogen) atoms. The minimum Gasteiger partial charge on any atom is -0.457 e. The number of carbonyl (C=O) groups is 2. The number of nitrogens with one attached hydrogen (secondary N) is 1. The summed E-state index contributed by atoms with van der Waals surface area (Å²) in [4.78, 5) is 23.6. The van der Waals surface area contributed by atoms with Crippen LogP contribution >= 0.6 is 0 Å². The molecule has 1 aliphatic carbocycles. The molecule has 0 amide bonds. The molecule has 1 fully saturated rings. The summed E-state index contributed by atoms with van der Waals surface area (Å²) in [5.74, 6) is -1.02. The van der Waals surface area contributed by atoms with Crippen LogP contribution in [0.4, 0.5) is 0 Å². The van der Waals surface area contributed by atoms with Crippen LogP contribution in [0.5, 0.6) is 0 Å². The zero-order chi connectivity index (χ0) is 27.4. The highest BCUT2D eigenvalue weighted by molar-refractivity contribution is 6.87. The van der Waals surface area contributed by atoms with Crippen LogP contribution < -0.4 is 5.32 Å². The zero-order valence-corrected chi connectivity index (χ0v) is 26.4. The molecule has 0 spiro atoms. The van der Waals surface area contributed by atoms with Crippen LogP contribution in [-0.4, -0.2) is 64.1 Å². The van der Waals surface area contributed by atoms with E-state index in [4.69, 9.17) is 18.7 Å². The van der Waals surface area contributed by atoms with Crippen molar-refractivity contribution in [3.63, 3.8) is 0 Å². The fraction of sp³-hybridized carbons (Fsp3) is 0.920. The third kappa shape index (κ3) is 10.5. The first kappa shape index (κ1) is 33.3. The summed E-state index contributed by atoms with van der Waals surface area (Å²) >= 11 is 0. The summed E-state index contributed by atoms with van der Waals surface area (Å²) in [6.07, 6.45) is 0.389. The van der Waals surface area contributed by atoms with Crippen molar-refractivity contribution < 1.29 is 28.3 Å². The van der Waals surface area contributed by atoms with Gasteiger partial charge in [-0.1, -0.05) is 41.5 Å². The van der Waals surface area contributed by atoms with Crippen molar-refractivity contribution in [1.29, 1.82) is 0 Å². The van der Waals surface area contributed by atoms with Gasteiger partial charge in [-0.15, -0.1) is 0 Å². The molecule has 0 aliphatic heterocycles. The van der Waals surface area contributed by atoms with Gasteiger partial charge < -0.3 is 18.7 Å². The Balaban J connectivity index is 0.000000661. The molecule has 2 N–H and O–H groups in total. The van der Waals surface area contributed by atoms with E-state index in [0.29, 0.717) is 29.5 Å². The lowest BCUT2D eigenvalue weighted by atomic mass is 10.2. The number of esters is 2. The van der Waals surface area contributed by atoms with E-state index in [2.05, 4.69) is 73.0 Å². The van der Waals surface area contributed by atoms with Gasteiger partial charge in [-0.25, -0.2) is 4.79 Å². The van der Waals surface area contributed by atoms with E-state index in [0.717, 1.165) is 0 Å². The van der Waals surface area contributed by atoms with Crippen molar-refractivity contribution in [3.8, 4) is 0 Å². The van der Waals surface area contributed by atoms with Gasteiger partial charge in [0.05, 0.1) is 6.61 Å². The molecule has 0 bridgehead atoms. The van der Waals surface area contributed by atoms with E-state index in [-0.39, 0.29) is 6.61 Å². The first-order valence-corrected chi connectivity index (χ1v) is 18.2. The Morgan fingerprint density at radius 1 is 0.912 bits per heavy atom. The fourth-order valence-electron chi connectivity index (χ4n) is 2.52. The number of aliphatic hydroxyl groups is 1. The van der Waals surface area contributed by atoms with Crippen molar-refractivity contribution in [2.75, 3.05) is 13.2 Å². The van der Waals surface area contributed by atoms with E-state index >= 15 is 0 Å². The van der Waals surface area contributed by atoms with Gasteiger partial charge in [0.15, 0.2) is 22.7 Å². The number of aliphatic hydroxyl groups excluding tert-OH is 1. The Morgan fingerprint density at radius 3 is 1.62 bits per heavy atom. The lowest BCUT2D eigenvalue weighted by Gasteiger charge is -2.47. The smallest absolute Gasteiger partial charge is 0.347 e. The highest BCUT2D eigenvalue weighted by Crippen LogP contribution is 2.44. The number of rotatable bonds is 8. The predicted molar refractivity (Wildman–Crippen MR) is 144 cm³/mol. The van der Waals surface area contributed by atoms with Crippen molar-refractivity contribution in [2.45, 2.75) is 136 Å². The SMILES string of the molecule is CC(C)(C)[Si](C)(C)O[Si](C)(C)C(C)(C)C.CC(OC(=O)C1(NCCO)CC1)C(=O)OC(C)(C)C. The van der Waals surface area contributed by atoms with Crippen LogP contribution in [0.3, 0.4) is 0 Å². The van der Waals surface area contributed by atoms with Gasteiger partial charge in [-0.05, 0) is 76.8 Å². The number of β-amino-alcohol motifs (C(OH)–C–C–N with tert-alkyl or cyclic N) is 1. The molecule has 0 aromatic rings. The van der Waals surface area contributed by atoms with E-state index in [9.17, 15) is 9.59 Å². The highest BCUT2D eigenvalue weighted by atomic mass is 28.4. The lowest BCUT2D eigenvalue weighted by Crippen LogP contribution is -2.53. The van der Waals surface area contributed by atoms with Crippen molar-refractivity contribution in [3.05, 3.63) is 0 Å². The van der Waals surface area contributed by atoms with Gasteiger partial charge in [0, 0.05) is 6.54 Å². The van der Waals surface area contributed by atoms with E-state index in [1.807, 2.05) is 0 Å². The second-order valence-corrected chi connectivity index (χ2v) is 23.3. The minimum absolute atomic E-state index is 0.0450. The monoisotopic (exact) mass is 519 g/mol. The molecule has 1 saturated carbocycles. The molecule has 1 atom stereocenters. The van der Waals surface area contributed by atoms with E-state index in [1.165, 1.54) is 6.92 Å². The van der Waals surface area contributed by atoms with Crippen molar-refractivity contribution in [2.24, 2.45) is 0 Å². The molecule has 0 heterocycles. The molecule has 1 unspecified atom stereocenters. The number of hydrogen-bond donors (Lipinski definition) is 2. The Bertz CT molecular complexity index is 659. The summed E-state index contributed by atoms with van der Waals surface area (Å²) in [6, 6.07) is 0. The molecular weight excluding hydrogens is 466 g/mol. The second kappa shape index (κ2) is 11.5. The second-order valence-electron chi connectivity index (χ2n) is 13.4. The van der Waals surface area contributed by atoms with Crippen LogP contribution in [0, 0.1) is 0 Å². The van der Waals surface area contributed by atoms with Crippen LogP contribution in [0.25, 0.3) is 0 Å². The van der Waals surface area contributed by atoms with Crippen molar-refractivity contribution in [1.82, 2.24) is 5.32 Å². The molecule has 7 nitrogen and oxygen atoms in total. The summed E-state index contributed by atoms with van der Waals surface area (Å²) in [5.41, 5.74) is -1.33. The van der Waals surface area contributed by atoms with E-state index in [1.54, 1.807) is 20.8 Å². The minimum atomic E-state index is -1.59. The lowest BCUT2D eigenvalue weighted by molar-refractivity contribution is -0.175. The number of hydrogen-bond acceptors (Lipinski definition) is 7. The molecular formula is C25H53NO6Si2. The molecule has 9 heteroatoms. The third-order valence-corrected chi connectivity index (χ3v) is 18.2. The normalized spacial score (nSPS) is 17.3. The summed E-state index contributed by atoms with van der Waals surface area (Å²) in [6.45, 7) is 30.3. The summed E-state index contributed by atoms with van der Waals surface area (Å²) < 4.78 is 16.9. The average molecular weight is 520 g/mol. The predicted octanol–water partition coefficient (Wildman–Crippen LogP) is 5.39. The molecule has 0 radical (unpaired) electrons. The third-order valence-electron chi connectivity index (χ3n) is 6.86. The van der Waals surface area contributed by atoms with Gasteiger partial charge >= 0.3 is 11.9 Å². The largest absolute Gasteiger partial charge is 0.457 e. The first-order valence-electron chi connectivity index (χ1n) is 12.4. The van der Waals surface area contributed by atoms with Crippen LogP contribution in [0.15, 0.2) is 0 Å². The molecule has 0 saturated heterocycles. The maximum Gasteiger partial charge on any atom is 0.347 e. The number of ether oxygens (including phenoxy) is 2. The van der Waals surface area contributed by atoms with Crippen molar-refractivity contribution >= 4 is 28.6 Å². The first-order chi connectivity index (χ1) is 14.9. The van der Waals surface area contributed by atoms with Gasteiger partial charge in [0.2, 0.25) is 0 Å². The topological polar surface area (TPSA) is 94.1 Å². The van der Waals surface area contributed by atoms with Gasteiger partial charge in [-0.2, -0.15) is 0 Å². The number of carbonyl (C=O) groups excluding carboxylic acids is 2. The zero-order valence-electron chi connectivity index (χ0n) is 24.4. The van der Waals surface area contributed by atoms with Gasteiger partial charge in [0.25, 0.3) is 0 Å². The van der Waals surface area contributed by atoms with Crippen LogP contribution in [0.2, 0.25) is 36.3 Å². The summed E-state index contributed by atoms with van der Waals surface area (Å²) in [7, 11) is -3.18. The Hall–Kier alpha value is -0.746. The van der Waals surface area contributed by atoms with Crippen LogP contribution in [0.1, 0.15) is 82.1 Å². The maximum atomic E-state index is 11.9. The van der Waals surface area contributed by atoms with Gasteiger partial charge in [0.1, 0.15) is 11.1 Å². The Morgan fingerprint density at radius 2 is 1.32 bits per heavy atom. The Kier molecular flexibility index (Phi) is 11.3. The molecule has 1 rings (SSSR count). The quantitative estimate of drug-likeness (QED) is 0.328. The van der Waals surface area contributed by atoms with Gasteiger partial charge in [-0.3, -0.25) is 10.1 Å². The van der Waals surface area contributed by atoms with E-state index < -0.39 is 45.8 Å². The Labute approximate surface area is 211 Å². The fourth-order valence-corrected chi connectivity index (χ4v) is 10.1. The highest BCUT2D eigenvalue weighted by Gasteiger charge is 2.52. The summed E-state index contributed by atoms with van der Waals surface area (Å²) in [5, 5.41) is 12.3. The van der Waals surface area contributed by atoms with Crippen LogP contribution in [-0.2, 0) is 23.2 Å². The maximum absolute atomic E-state index is 11.9. The standard InChI is InChI=1S/C13H23NO5.C12H30OSi2/c1-9(10(16)19-12(2,3)4)18-11(17)13(5-6-13)14-7-8-15;1-11(2,3)14(7,8)13-15(9,10)12(4,5)6/h9,14-15H,5-8H2,1-4H3;1-10H3.